The van der Waals surface area contributed by atoms with Crippen LogP contribution in [0.15, 0.2) is 53.7 Å². The first-order chi connectivity index (χ1) is 15.0. The van der Waals surface area contributed by atoms with Crippen LogP contribution in [0.3, 0.4) is 0 Å². The lowest BCUT2D eigenvalue weighted by Crippen LogP contribution is -2.19. The Morgan fingerprint density at radius 3 is 2.58 bits per heavy atom. The van der Waals surface area contributed by atoms with E-state index in [2.05, 4.69) is 27.5 Å². The van der Waals surface area contributed by atoms with Crippen LogP contribution < -0.4 is 0 Å². The van der Waals surface area contributed by atoms with Crippen molar-refractivity contribution >= 4 is 32.1 Å². The van der Waals surface area contributed by atoms with Gasteiger partial charge in [0.15, 0.2) is 5.65 Å². The smallest absolute Gasteiger partial charge is 0.269 e. The summed E-state index contributed by atoms with van der Waals surface area (Å²) in [5.41, 5.74) is 1.97. The number of fused-ring (bicyclic) bond motifs is 3. The normalized spacial score (nSPS) is 19.6. The zero-order valence-electron chi connectivity index (χ0n) is 17.0. The molecule has 31 heavy (non-hydrogen) atoms. The molecule has 1 aliphatic rings. The summed E-state index contributed by atoms with van der Waals surface area (Å²) in [5.74, 6) is 1.11. The Bertz CT molecular complexity index is 1410. The number of hydrogen-bond donors (Lipinski definition) is 0. The van der Waals surface area contributed by atoms with E-state index in [1.165, 1.54) is 3.97 Å². The van der Waals surface area contributed by atoms with Crippen LogP contribution in [-0.4, -0.2) is 26.9 Å². The molecule has 1 aromatic carbocycles. The van der Waals surface area contributed by atoms with Crippen LogP contribution in [0.4, 0.5) is 0 Å². The molecular formula is C23H22N5O2S. The summed E-state index contributed by atoms with van der Waals surface area (Å²) >= 11 is 0. The number of benzene rings is 1. The van der Waals surface area contributed by atoms with Gasteiger partial charge in [0.25, 0.3) is 10.0 Å². The summed E-state index contributed by atoms with van der Waals surface area (Å²) < 4.78 is 29.8. The highest BCUT2D eigenvalue weighted by Crippen LogP contribution is 2.38. The van der Waals surface area contributed by atoms with Crippen LogP contribution in [0, 0.1) is 24.2 Å². The van der Waals surface area contributed by atoms with E-state index in [0.29, 0.717) is 29.3 Å². The second-order valence-corrected chi connectivity index (χ2v) is 9.91. The molecule has 1 aliphatic carbocycles. The van der Waals surface area contributed by atoms with E-state index in [4.69, 9.17) is 5.26 Å². The molecule has 3 heterocycles. The zero-order chi connectivity index (χ0) is 21.6. The summed E-state index contributed by atoms with van der Waals surface area (Å²) in [5, 5.41) is 9.74. The molecule has 0 spiro atoms. The second kappa shape index (κ2) is 7.50. The number of pyridine rings is 1. The molecule has 0 N–H and O–H groups in total. The van der Waals surface area contributed by atoms with Gasteiger partial charge in [-0.05, 0) is 49.8 Å². The molecule has 7 nitrogen and oxygen atoms in total. The summed E-state index contributed by atoms with van der Waals surface area (Å²) in [6.07, 6.45) is 7.68. The van der Waals surface area contributed by atoms with Gasteiger partial charge >= 0.3 is 0 Å². The van der Waals surface area contributed by atoms with Gasteiger partial charge in [0.1, 0.15) is 11.3 Å². The van der Waals surface area contributed by atoms with Crippen LogP contribution in [0.2, 0.25) is 0 Å². The quantitative estimate of drug-likeness (QED) is 0.475. The molecule has 0 atom stereocenters. The molecule has 0 aliphatic heterocycles. The van der Waals surface area contributed by atoms with Crippen molar-refractivity contribution in [3.8, 4) is 6.07 Å². The fourth-order valence-electron chi connectivity index (χ4n) is 4.73. The molecule has 157 valence electrons. The Morgan fingerprint density at radius 2 is 1.87 bits per heavy atom. The zero-order valence-corrected chi connectivity index (χ0v) is 17.8. The molecule has 5 rings (SSSR count). The summed E-state index contributed by atoms with van der Waals surface area (Å²) in [6.45, 7) is 4.14. The van der Waals surface area contributed by atoms with Gasteiger partial charge in [0, 0.05) is 31.0 Å². The number of nitrogens with zero attached hydrogens (tertiary/aromatic N) is 5. The Balaban J connectivity index is 1.63. The lowest BCUT2D eigenvalue weighted by atomic mass is 9.84. The van der Waals surface area contributed by atoms with Gasteiger partial charge in [0.05, 0.1) is 22.7 Å². The molecule has 8 heteroatoms. The highest BCUT2D eigenvalue weighted by Gasteiger charge is 2.27. The number of imidazole rings is 1. The van der Waals surface area contributed by atoms with Crippen molar-refractivity contribution in [2.75, 3.05) is 0 Å². The van der Waals surface area contributed by atoms with Crippen molar-refractivity contribution in [1.29, 1.82) is 5.26 Å². The number of aromatic nitrogens is 4. The minimum absolute atomic E-state index is 0.219. The van der Waals surface area contributed by atoms with Gasteiger partial charge in [-0.25, -0.2) is 22.4 Å². The average molecular weight is 433 g/mol. The third-order valence-electron chi connectivity index (χ3n) is 6.26. The topological polar surface area (TPSA) is 93.6 Å². The van der Waals surface area contributed by atoms with Gasteiger partial charge in [-0.1, -0.05) is 18.2 Å². The lowest BCUT2D eigenvalue weighted by molar-refractivity contribution is 0.280. The first-order valence-corrected chi connectivity index (χ1v) is 11.8. The van der Waals surface area contributed by atoms with Crippen LogP contribution in [0.5, 0.6) is 0 Å². The van der Waals surface area contributed by atoms with Crippen LogP contribution >= 0.6 is 0 Å². The molecule has 0 bridgehead atoms. The lowest BCUT2D eigenvalue weighted by Gasteiger charge is -2.29. The third kappa shape index (κ3) is 3.20. The minimum Gasteiger partial charge on any atom is -0.324 e. The Labute approximate surface area is 181 Å². The molecule has 1 fully saturated rings. The summed E-state index contributed by atoms with van der Waals surface area (Å²) in [7, 11) is -3.76. The molecule has 0 amide bonds. The molecule has 1 saturated carbocycles. The van der Waals surface area contributed by atoms with E-state index in [9.17, 15) is 8.42 Å². The van der Waals surface area contributed by atoms with E-state index in [1.54, 1.807) is 48.8 Å². The predicted molar refractivity (Wildman–Crippen MR) is 118 cm³/mol. The van der Waals surface area contributed by atoms with E-state index in [0.717, 1.165) is 36.6 Å². The van der Waals surface area contributed by atoms with Crippen molar-refractivity contribution in [2.24, 2.45) is 5.92 Å². The van der Waals surface area contributed by atoms with E-state index < -0.39 is 10.0 Å². The van der Waals surface area contributed by atoms with Crippen LogP contribution in [0.25, 0.3) is 22.1 Å². The van der Waals surface area contributed by atoms with Crippen molar-refractivity contribution in [1.82, 2.24) is 18.5 Å². The van der Waals surface area contributed by atoms with Gasteiger partial charge in [-0.15, -0.1) is 0 Å². The largest absolute Gasteiger partial charge is 0.324 e. The molecular weight excluding hydrogens is 410 g/mol. The van der Waals surface area contributed by atoms with Crippen LogP contribution in [-0.2, 0) is 10.0 Å². The number of hydrogen-bond acceptors (Lipinski definition) is 5. The predicted octanol–water partition coefficient (Wildman–Crippen LogP) is 4.45. The molecule has 0 saturated heterocycles. The van der Waals surface area contributed by atoms with Crippen molar-refractivity contribution in [2.45, 2.75) is 43.0 Å². The molecule has 0 unspecified atom stereocenters. The first kappa shape index (κ1) is 19.8. The molecule has 1 radical (unpaired) electrons. The van der Waals surface area contributed by atoms with Gasteiger partial charge in [0.2, 0.25) is 0 Å². The van der Waals surface area contributed by atoms with E-state index >= 15 is 0 Å². The van der Waals surface area contributed by atoms with Gasteiger partial charge in [-0.2, -0.15) is 5.26 Å². The Kier molecular flexibility index (Phi) is 4.78. The van der Waals surface area contributed by atoms with E-state index in [-0.39, 0.29) is 10.9 Å². The van der Waals surface area contributed by atoms with Gasteiger partial charge < -0.3 is 4.57 Å². The SMILES string of the molecule is [CH2]c1nc2cnc3c(ccn3S(=O)(=O)c3ccccc3)c2n1[C@H]1CC[C@H](CC#N)CC1. The summed E-state index contributed by atoms with van der Waals surface area (Å²) in [4.78, 5) is 9.26. The summed E-state index contributed by atoms with van der Waals surface area (Å²) in [6, 6.07) is 12.7. The standard InChI is InChI=1S/C23H22N5O2S/c1-16-26-21-15-25-23-20(12-14-27(23)31(29,30)19-5-3-2-4-6-19)22(21)28(16)18-9-7-17(8-10-18)11-13-24/h2-6,12,14-15,17-18H,1,7-11H2/t17-,18-. The maximum atomic E-state index is 13.2. The highest BCUT2D eigenvalue weighted by molar-refractivity contribution is 7.90. The minimum atomic E-state index is -3.76. The third-order valence-corrected chi connectivity index (χ3v) is 7.94. The second-order valence-electron chi connectivity index (χ2n) is 8.09. The van der Waals surface area contributed by atoms with Gasteiger partial charge in [-0.3, -0.25) is 0 Å². The monoisotopic (exact) mass is 432 g/mol. The maximum absolute atomic E-state index is 13.2. The fraction of sp³-hybridized carbons (Fsp3) is 0.304. The Morgan fingerprint density at radius 1 is 1.13 bits per heavy atom. The van der Waals surface area contributed by atoms with Crippen molar-refractivity contribution in [3.05, 3.63) is 61.5 Å². The Hall–Kier alpha value is -3.18. The van der Waals surface area contributed by atoms with Crippen LogP contribution in [0.1, 0.15) is 44.0 Å². The average Bonchev–Trinajstić information content (AvgIpc) is 3.36. The molecule has 4 aromatic rings. The fourth-order valence-corrected chi connectivity index (χ4v) is 6.05. The maximum Gasteiger partial charge on any atom is 0.269 e. The van der Waals surface area contributed by atoms with E-state index in [1.807, 2.05) is 0 Å². The highest BCUT2D eigenvalue weighted by atomic mass is 32.2. The van der Waals surface area contributed by atoms with Crippen molar-refractivity contribution < 1.29 is 8.42 Å². The number of rotatable bonds is 4. The molecule has 3 aromatic heterocycles. The van der Waals surface area contributed by atoms with Crippen molar-refractivity contribution in [3.63, 3.8) is 0 Å². The first-order valence-electron chi connectivity index (χ1n) is 10.4. The number of nitriles is 1.